The summed E-state index contributed by atoms with van der Waals surface area (Å²) >= 11 is 0. The van der Waals surface area contributed by atoms with Crippen molar-refractivity contribution in [2.45, 2.75) is 19.4 Å². The predicted octanol–water partition coefficient (Wildman–Crippen LogP) is 0.0938. The summed E-state index contributed by atoms with van der Waals surface area (Å²) in [4.78, 5) is 37.7. The lowest BCUT2D eigenvalue weighted by Gasteiger charge is -2.10. The average Bonchev–Trinajstić information content (AvgIpc) is 2.85. The zero-order valence-electron chi connectivity index (χ0n) is 13.8. The van der Waals surface area contributed by atoms with Gasteiger partial charge in [0.25, 0.3) is 5.56 Å². The average molecular weight is 345 g/mol. The van der Waals surface area contributed by atoms with Gasteiger partial charge in [0.05, 0.1) is 19.6 Å². The molecule has 0 aliphatic carbocycles. The number of fused-ring (bicyclic) bond motifs is 1. The van der Waals surface area contributed by atoms with Crippen LogP contribution >= 0.6 is 0 Å². The number of hydrogen-bond donors (Lipinski definition) is 2. The summed E-state index contributed by atoms with van der Waals surface area (Å²) < 4.78 is 12.1. The number of aromatic amines is 1. The van der Waals surface area contributed by atoms with Crippen LogP contribution in [0.3, 0.4) is 0 Å². The van der Waals surface area contributed by atoms with Gasteiger partial charge in [0, 0.05) is 31.8 Å². The molecule has 2 heterocycles. The minimum absolute atomic E-state index is 0.103. The smallest absolute Gasteiger partial charge is 0.328 e. The fourth-order valence-corrected chi connectivity index (χ4v) is 2.50. The third-order valence-corrected chi connectivity index (χ3v) is 3.91. The number of nitrogens with zero attached hydrogens (tertiary/aromatic N) is 1. The molecule has 2 aromatic rings. The van der Waals surface area contributed by atoms with Crippen molar-refractivity contribution in [3.63, 3.8) is 0 Å². The Morgan fingerprint density at radius 3 is 2.80 bits per heavy atom. The van der Waals surface area contributed by atoms with Gasteiger partial charge >= 0.3 is 5.69 Å². The van der Waals surface area contributed by atoms with Crippen molar-refractivity contribution < 1.29 is 14.3 Å². The van der Waals surface area contributed by atoms with Crippen LogP contribution in [0.15, 0.2) is 34.0 Å². The monoisotopic (exact) mass is 345 g/mol. The summed E-state index contributed by atoms with van der Waals surface area (Å²) in [5, 5.41) is 2.76. The van der Waals surface area contributed by atoms with E-state index in [9.17, 15) is 14.4 Å². The van der Waals surface area contributed by atoms with Crippen LogP contribution in [0, 0.1) is 0 Å². The lowest BCUT2D eigenvalue weighted by atomic mass is 10.2. The van der Waals surface area contributed by atoms with Crippen molar-refractivity contribution >= 4 is 5.91 Å². The largest absolute Gasteiger partial charge is 0.490 e. The number of benzene rings is 1. The molecule has 1 amide bonds. The van der Waals surface area contributed by atoms with Crippen LogP contribution < -0.4 is 26.0 Å². The molecule has 25 heavy (non-hydrogen) atoms. The highest BCUT2D eigenvalue weighted by Gasteiger charge is 2.12. The van der Waals surface area contributed by atoms with E-state index < -0.39 is 11.2 Å². The van der Waals surface area contributed by atoms with Gasteiger partial charge in [-0.25, -0.2) is 4.79 Å². The summed E-state index contributed by atoms with van der Waals surface area (Å²) in [7, 11) is 1.36. The van der Waals surface area contributed by atoms with E-state index in [0.29, 0.717) is 31.3 Å². The third kappa shape index (κ3) is 3.90. The minimum atomic E-state index is -0.513. The maximum absolute atomic E-state index is 12.1. The molecule has 8 nitrogen and oxygen atoms in total. The molecule has 0 saturated carbocycles. The van der Waals surface area contributed by atoms with Crippen LogP contribution in [0.1, 0.15) is 17.5 Å². The van der Waals surface area contributed by atoms with E-state index in [1.54, 1.807) is 0 Å². The molecule has 0 spiro atoms. The van der Waals surface area contributed by atoms with E-state index in [2.05, 4.69) is 10.3 Å². The minimum Gasteiger partial charge on any atom is -0.490 e. The number of H-pyrrole nitrogens is 1. The quantitative estimate of drug-likeness (QED) is 0.818. The van der Waals surface area contributed by atoms with Crippen LogP contribution in [0.2, 0.25) is 0 Å². The highest BCUT2D eigenvalue weighted by Crippen LogP contribution is 2.30. The zero-order valence-corrected chi connectivity index (χ0v) is 13.8. The molecule has 0 atom stereocenters. The van der Waals surface area contributed by atoms with Crippen LogP contribution in [0.25, 0.3) is 0 Å². The second-order valence-electron chi connectivity index (χ2n) is 5.77. The van der Waals surface area contributed by atoms with Gasteiger partial charge < -0.3 is 19.8 Å². The van der Waals surface area contributed by atoms with E-state index >= 15 is 0 Å². The number of aromatic nitrogens is 2. The van der Waals surface area contributed by atoms with Crippen molar-refractivity contribution in [1.82, 2.24) is 14.9 Å². The van der Waals surface area contributed by atoms with E-state index in [1.165, 1.54) is 13.2 Å². The summed E-state index contributed by atoms with van der Waals surface area (Å²) in [5.41, 5.74) is 0.112. The number of nitrogens with one attached hydrogen (secondary N) is 2. The van der Waals surface area contributed by atoms with Crippen LogP contribution in [0.5, 0.6) is 11.5 Å². The zero-order chi connectivity index (χ0) is 17.8. The summed E-state index contributed by atoms with van der Waals surface area (Å²) in [6.07, 6.45) is 2.00. The fourth-order valence-electron chi connectivity index (χ4n) is 2.50. The van der Waals surface area contributed by atoms with Gasteiger partial charge in [-0.15, -0.1) is 0 Å². The van der Waals surface area contributed by atoms with Gasteiger partial charge in [-0.05, 0) is 17.7 Å². The second-order valence-corrected chi connectivity index (χ2v) is 5.77. The molecular formula is C17H19N3O5. The van der Waals surface area contributed by atoms with Gasteiger partial charge in [0.1, 0.15) is 0 Å². The Morgan fingerprint density at radius 2 is 2.00 bits per heavy atom. The maximum Gasteiger partial charge on any atom is 0.328 e. The van der Waals surface area contributed by atoms with Crippen molar-refractivity contribution in [3.05, 3.63) is 56.4 Å². The van der Waals surface area contributed by atoms with Crippen molar-refractivity contribution in [1.29, 1.82) is 0 Å². The first-order chi connectivity index (χ1) is 12.0. The normalized spacial score (nSPS) is 13.2. The first-order valence-electron chi connectivity index (χ1n) is 7.97. The summed E-state index contributed by atoms with van der Waals surface area (Å²) in [6.45, 7) is 1.52. The second kappa shape index (κ2) is 7.25. The predicted molar refractivity (Wildman–Crippen MR) is 89.9 cm³/mol. The lowest BCUT2D eigenvalue weighted by Crippen LogP contribution is -2.36. The Balaban J connectivity index is 1.63. The molecule has 2 N–H and O–H groups in total. The Morgan fingerprint density at radius 1 is 1.24 bits per heavy atom. The summed E-state index contributed by atoms with van der Waals surface area (Å²) in [5.74, 6) is 1.05. The molecule has 0 bridgehead atoms. The SMILES string of the molecule is Cn1c(=O)[nH]cc(CC(=O)NCc2ccc3c(c2)OCCCO3)c1=O. The van der Waals surface area contributed by atoms with Crippen molar-refractivity contribution in [3.8, 4) is 11.5 Å². The number of carbonyl (C=O) groups is 1. The van der Waals surface area contributed by atoms with E-state index in [-0.39, 0.29) is 17.9 Å². The van der Waals surface area contributed by atoms with Gasteiger partial charge in [0.15, 0.2) is 11.5 Å². The Hall–Kier alpha value is -3.03. The Kier molecular flexibility index (Phi) is 4.87. The number of carbonyl (C=O) groups excluding carboxylic acids is 1. The van der Waals surface area contributed by atoms with Gasteiger partial charge in [-0.3, -0.25) is 14.2 Å². The molecule has 0 fully saturated rings. The lowest BCUT2D eigenvalue weighted by molar-refractivity contribution is -0.120. The number of rotatable bonds is 4. The number of amides is 1. The summed E-state index contributed by atoms with van der Waals surface area (Å²) in [6, 6.07) is 5.51. The molecule has 132 valence electrons. The standard InChI is InChI=1S/C17H19N3O5/c1-20-16(22)12(10-19-17(20)23)8-15(21)18-9-11-3-4-13-14(7-11)25-6-2-5-24-13/h3-4,7,10H,2,5-6,8-9H2,1H3,(H,18,21)(H,19,23). The first-order valence-corrected chi connectivity index (χ1v) is 7.97. The fraction of sp³-hybridized carbons (Fsp3) is 0.353. The van der Waals surface area contributed by atoms with Gasteiger partial charge in [-0.2, -0.15) is 0 Å². The number of ether oxygens (including phenoxy) is 2. The molecule has 0 unspecified atom stereocenters. The molecule has 0 saturated heterocycles. The molecule has 1 aromatic carbocycles. The number of hydrogen-bond acceptors (Lipinski definition) is 5. The maximum atomic E-state index is 12.1. The third-order valence-electron chi connectivity index (χ3n) is 3.91. The Labute approximate surface area is 143 Å². The van der Waals surface area contributed by atoms with Crippen LogP contribution in [0.4, 0.5) is 0 Å². The molecule has 3 rings (SSSR count). The van der Waals surface area contributed by atoms with E-state index in [0.717, 1.165) is 16.6 Å². The molecule has 0 radical (unpaired) electrons. The highest BCUT2D eigenvalue weighted by atomic mass is 16.5. The van der Waals surface area contributed by atoms with E-state index in [4.69, 9.17) is 9.47 Å². The molecule has 8 heteroatoms. The Bertz CT molecular complexity index is 900. The first kappa shape index (κ1) is 16.8. The van der Waals surface area contributed by atoms with Crippen molar-refractivity contribution in [2.24, 2.45) is 7.05 Å². The van der Waals surface area contributed by atoms with Crippen LogP contribution in [-0.4, -0.2) is 28.7 Å². The molecule has 1 aliphatic heterocycles. The van der Waals surface area contributed by atoms with Gasteiger partial charge in [-0.1, -0.05) is 6.07 Å². The highest BCUT2D eigenvalue weighted by molar-refractivity contribution is 5.78. The van der Waals surface area contributed by atoms with E-state index in [1.807, 2.05) is 18.2 Å². The molecular weight excluding hydrogens is 326 g/mol. The topological polar surface area (TPSA) is 102 Å². The molecule has 1 aromatic heterocycles. The van der Waals surface area contributed by atoms with Crippen LogP contribution in [-0.2, 0) is 24.8 Å². The molecule has 1 aliphatic rings. The van der Waals surface area contributed by atoms with Crippen molar-refractivity contribution in [2.75, 3.05) is 13.2 Å². The van der Waals surface area contributed by atoms with Gasteiger partial charge in [0.2, 0.25) is 5.91 Å².